The quantitative estimate of drug-likeness (QED) is 0.753. The first kappa shape index (κ1) is 9.55. The summed E-state index contributed by atoms with van der Waals surface area (Å²) in [5, 5.41) is 16.4. The van der Waals surface area contributed by atoms with Crippen molar-refractivity contribution in [3.63, 3.8) is 0 Å². The average Bonchev–Trinajstić information content (AvgIpc) is 2.53. The lowest BCUT2D eigenvalue weighted by atomic mass is 9.95. The minimum absolute atomic E-state index is 0.0397. The fourth-order valence-electron chi connectivity index (χ4n) is 0.762. The fraction of sp³-hybridized carbons (Fsp3) is 0.556. The number of aliphatic hydroxyl groups is 1. The smallest absolute Gasteiger partial charge is 0.0498 e. The van der Waals surface area contributed by atoms with E-state index in [1.807, 2.05) is 25.3 Å². The largest absolute Gasteiger partial charge is 0.396 e. The Bertz CT molecular complexity index is 218. The van der Waals surface area contributed by atoms with Gasteiger partial charge in [-0.05, 0) is 11.4 Å². The molecular formula is C9H15NOS. The third kappa shape index (κ3) is 2.83. The fourth-order valence-corrected chi connectivity index (χ4v) is 1.37. The molecule has 2 N–H and O–H groups in total. The molecule has 1 rings (SSSR count). The molecule has 0 aromatic carbocycles. The van der Waals surface area contributed by atoms with E-state index in [1.165, 1.54) is 0 Å². The van der Waals surface area contributed by atoms with E-state index >= 15 is 0 Å². The Labute approximate surface area is 77.2 Å². The Morgan fingerprint density at radius 1 is 1.58 bits per heavy atom. The van der Waals surface area contributed by atoms with Crippen molar-refractivity contribution in [1.82, 2.24) is 0 Å². The Morgan fingerprint density at radius 3 is 2.83 bits per heavy atom. The zero-order valence-corrected chi connectivity index (χ0v) is 8.32. The van der Waals surface area contributed by atoms with Gasteiger partial charge in [-0.15, -0.1) is 0 Å². The van der Waals surface area contributed by atoms with Gasteiger partial charge in [0.1, 0.15) is 0 Å². The van der Waals surface area contributed by atoms with Crippen LogP contribution in [0.1, 0.15) is 13.8 Å². The van der Waals surface area contributed by atoms with Crippen LogP contribution in [0, 0.1) is 5.41 Å². The van der Waals surface area contributed by atoms with Gasteiger partial charge in [0.15, 0.2) is 0 Å². The van der Waals surface area contributed by atoms with E-state index in [-0.39, 0.29) is 12.0 Å². The highest BCUT2D eigenvalue weighted by atomic mass is 32.1. The molecule has 0 aliphatic rings. The Morgan fingerprint density at radius 2 is 2.33 bits per heavy atom. The average molecular weight is 185 g/mol. The highest BCUT2D eigenvalue weighted by molar-refractivity contribution is 7.08. The molecule has 3 heteroatoms. The van der Waals surface area contributed by atoms with Crippen molar-refractivity contribution in [2.45, 2.75) is 13.8 Å². The number of hydrogen-bond donors (Lipinski definition) is 2. The topological polar surface area (TPSA) is 32.3 Å². The first-order chi connectivity index (χ1) is 5.64. The van der Waals surface area contributed by atoms with Crippen LogP contribution in [-0.2, 0) is 0 Å². The molecule has 1 aromatic rings. The van der Waals surface area contributed by atoms with Crippen molar-refractivity contribution in [3.05, 3.63) is 16.8 Å². The van der Waals surface area contributed by atoms with Crippen molar-refractivity contribution in [2.24, 2.45) is 5.41 Å². The third-order valence-corrected chi connectivity index (χ3v) is 2.40. The van der Waals surface area contributed by atoms with E-state index in [9.17, 15) is 0 Å². The van der Waals surface area contributed by atoms with Crippen LogP contribution in [0.15, 0.2) is 16.8 Å². The number of thiophene rings is 1. The van der Waals surface area contributed by atoms with Crippen molar-refractivity contribution < 1.29 is 5.11 Å². The number of hydrogen-bond acceptors (Lipinski definition) is 3. The van der Waals surface area contributed by atoms with Gasteiger partial charge >= 0.3 is 0 Å². The van der Waals surface area contributed by atoms with Gasteiger partial charge in [-0.3, -0.25) is 0 Å². The lowest BCUT2D eigenvalue weighted by Gasteiger charge is -2.21. The molecule has 1 aromatic heterocycles. The molecule has 12 heavy (non-hydrogen) atoms. The van der Waals surface area contributed by atoms with E-state index in [0.717, 1.165) is 12.2 Å². The van der Waals surface area contributed by atoms with Crippen molar-refractivity contribution in [1.29, 1.82) is 0 Å². The van der Waals surface area contributed by atoms with Gasteiger partial charge < -0.3 is 10.4 Å². The highest BCUT2D eigenvalue weighted by Gasteiger charge is 2.15. The molecule has 0 unspecified atom stereocenters. The van der Waals surface area contributed by atoms with Gasteiger partial charge in [-0.2, -0.15) is 11.3 Å². The first-order valence-electron chi connectivity index (χ1n) is 4.01. The first-order valence-corrected chi connectivity index (χ1v) is 4.95. The normalized spacial score (nSPS) is 11.6. The van der Waals surface area contributed by atoms with E-state index in [1.54, 1.807) is 11.3 Å². The molecule has 0 saturated carbocycles. The van der Waals surface area contributed by atoms with Crippen LogP contribution in [-0.4, -0.2) is 18.3 Å². The number of rotatable bonds is 4. The minimum Gasteiger partial charge on any atom is -0.396 e. The van der Waals surface area contributed by atoms with Crippen molar-refractivity contribution in [3.8, 4) is 0 Å². The second kappa shape index (κ2) is 3.92. The predicted molar refractivity (Wildman–Crippen MR) is 53.7 cm³/mol. The van der Waals surface area contributed by atoms with Crippen LogP contribution >= 0.6 is 11.3 Å². The van der Waals surface area contributed by atoms with Crippen LogP contribution in [0.5, 0.6) is 0 Å². The molecule has 0 bridgehead atoms. The second-order valence-corrected chi connectivity index (χ2v) is 4.47. The number of nitrogens with one attached hydrogen (secondary N) is 1. The van der Waals surface area contributed by atoms with E-state index in [0.29, 0.717) is 0 Å². The molecule has 0 spiro atoms. The number of aliphatic hydroxyl groups excluding tert-OH is 1. The summed E-state index contributed by atoms with van der Waals surface area (Å²) in [6.07, 6.45) is 0. The van der Waals surface area contributed by atoms with Crippen LogP contribution in [0.3, 0.4) is 0 Å². The monoisotopic (exact) mass is 185 g/mol. The molecule has 0 saturated heterocycles. The number of anilines is 1. The van der Waals surface area contributed by atoms with Gasteiger partial charge in [-0.1, -0.05) is 13.8 Å². The van der Waals surface area contributed by atoms with Gasteiger partial charge in [0.05, 0.1) is 0 Å². The summed E-state index contributed by atoms with van der Waals surface area (Å²) in [6, 6.07) is 2.04. The summed E-state index contributed by atoms with van der Waals surface area (Å²) >= 11 is 1.67. The highest BCUT2D eigenvalue weighted by Crippen LogP contribution is 2.17. The van der Waals surface area contributed by atoms with Gasteiger partial charge in [0.25, 0.3) is 0 Å². The standard InChI is InChI=1S/C9H15NOS/c1-9(2,7-11)6-10-8-3-4-12-5-8/h3-5,10-11H,6-7H2,1-2H3. The van der Waals surface area contributed by atoms with Crippen molar-refractivity contribution >= 4 is 17.0 Å². The summed E-state index contributed by atoms with van der Waals surface area (Å²) in [5.41, 5.74) is 1.10. The van der Waals surface area contributed by atoms with E-state index in [2.05, 4.69) is 10.7 Å². The maximum Gasteiger partial charge on any atom is 0.0498 e. The van der Waals surface area contributed by atoms with E-state index < -0.39 is 0 Å². The van der Waals surface area contributed by atoms with Gasteiger partial charge in [-0.25, -0.2) is 0 Å². The summed E-state index contributed by atoms with van der Waals surface area (Å²) in [6.45, 7) is 5.09. The molecule has 0 atom stereocenters. The SMILES string of the molecule is CC(C)(CO)CNc1ccsc1. The summed E-state index contributed by atoms with van der Waals surface area (Å²) < 4.78 is 0. The lowest BCUT2D eigenvalue weighted by molar-refractivity contribution is 0.171. The molecule has 0 amide bonds. The molecule has 0 aliphatic heterocycles. The Kier molecular flexibility index (Phi) is 3.12. The Balaban J connectivity index is 2.36. The lowest BCUT2D eigenvalue weighted by Crippen LogP contribution is -2.26. The molecule has 2 nitrogen and oxygen atoms in total. The maximum absolute atomic E-state index is 8.99. The molecule has 0 fully saturated rings. The second-order valence-electron chi connectivity index (χ2n) is 3.69. The zero-order valence-electron chi connectivity index (χ0n) is 7.50. The predicted octanol–water partition coefficient (Wildman–Crippen LogP) is 2.18. The van der Waals surface area contributed by atoms with Crippen LogP contribution < -0.4 is 5.32 Å². The van der Waals surface area contributed by atoms with Crippen LogP contribution in [0.4, 0.5) is 5.69 Å². The maximum atomic E-state index is 8.99. The molecule has 1 heterocycles. The molecule has 68 valence electrons. The van der Waals surface area contributed by atoms with Crippen molar-refractivity contribution in [2.75, 3.05) is 18.5 Å². The summed E-state index contributed by atoms with van der Waals surface area (Å²) in [7, 11) is 0. The molecular weight excluding hydrogens is 170 g/mol. The zero-order chi connectivity index (χ0) is 9.03. The molecule has 0 aliphatic carbocycles. The van der Waals surface area contributed by atoms with E-state index in [4.69, 9.17) is 5.11 Å². The van der Waals surface area contributed by atoms with Gasteiger partial charge in [0, 0.05) is 29.6 Å². The van der Waals surface area contributed by atoms with Gasteiger partial charge in [0.2, 0.25) is 0 Å². The molecule has 0 radical (unpaired) electrons. The Hall–Kier alpha value is -0.540. The summed E-state index contributed by atoms with van der Waals surface area (Å²) in [4.78, 5) is 0. The third-order valence-electron chi connectivity index (χ3n) is 1.72. The van der Waals surface area contributed by atoms with Crippen LogP contribution in [0.25, 0.3) is 0 Å². The summed E-state index contributed by atoms with van der Waals surface area (Å²) in [5.74, 6) is 0. The minimum atomic E-state index is -0.0397. The van der Waals surface area contributed by atoms with Crippen LogP contribution in [0.2, 0.25) is 0 Å².